The summed E-state index contributed by atoms with van der Waals surface area (Å²) >= 11 is 0. The number of aryl methyl sites for hydroxylation is 1. The van der Waals surface area contributed by atoms with Crippen LogP contribution in [-0.2, 0) is 6.54 Å². The monoisotopic (exact) mass is 208 g/mol. The molecule has 2 N–H and O–H groups in total. The Morgan fingerprint density at radius 3 is 2.80 bits per heavy atom. The lowest BCUT2D eigenvalue weighted by Crippen LogP contribution is -2.66. The van der Waals surface area contributed by atoms with Gasteiger partial charge in [-0.2, -0.15) is 0 Å². The molecule has 4 nitrogen and oxygen atoms in total. The molecule has 0 saturated carbocycles. The summed E-state index contributed by atoms with van der Waals surface area (Å²) in [5.74, 6) is 0. The molecular weight excluding hydrogens is 188 g/mol. The number of nitrogens with two attached hydrogens (primary N) is 1. The molecule has 0 bridgehead atoms. The molecule has 0 aliphatic carbocycles. The molecule has 1 aliphatic heterocycles. The molecule has 0 atom stereocenters. The second-order valence-electron chi connectivity index (χ2n) is 4.58. The van der Waals surface area contributed by atoms with Crippen LogP contribution in [0.3, 0.4) is 0 Å². The first-order valence-corrected chi connectivity index (χ1v) is 5.69. The molecule has 0 aromatic carbocycles. The summed E-state index contributed by atoms with van der Waals surface area (Å²) in [4.78, 5) is 6.45. The van der Waals surface area contributed by atoms with Crippen molar-refractivity contribution in [1.82, 2.24) is 14.5 Å². The van der Waals surface area contributed by atoms with E-state index in [1.807, 2.05) is 18.7 Å². The fraction of sp³-hybridized carbons (Fsp3) is 0.727. The molecule has 0 radical (unpaired) electrons. The number of imidazole rings is 1. The zero-order valence-electron chi connectivity index (χ0n) is 9.39. The maximum atomic E-state index is 6.10. The minimum absolute atomic E-state index is 0.106. The SMILES string of the molecule is CCC1(N)CN(CCCn2ccnc2)C1. The molecular formula is C11H20N4. The Balaban J connectivity index is 1.61. The molecule has 1 aliphatic rings. The maximum absolute atomic E-state index is 6.10. The van der Waals surface area contributed by atoms with Gasteiger partial charge in [0.2, 0.25) is 0 Å². The number of hydrogen-bond acceptors (Lipinski definition) is 3. The smallest absolute Gasteiger partial charge is 0.0945 e. The largest absolute Gasteiger partial charge is 0.337 e. The van der Waals surface area contributed by atoms with E-state index in [9.17, 15) is 0 Å². The van der Waals surface area contributed by atoms with Crippen LogP contribution in [0, 0.1) is 0 Å². The van der Waals surface area contributed by atoms with Crippen LogP contribution in [0.5, 0.6) is 0 Å². The van der Waals surface area contributed by atoms with Crippen LogP contribution in [0.25, 0.3) is 0 Å². The van der Waals surface area contributed by atoms with Gasteiger partial charge in [-0.05, 0) is 19.4 Å². The van der Waals surface area contributed by atoms with E-state index < -0.39 is 0 Å². The van der Waals surface area contributed by atoms with Crippen molar-refractivity contribution in [2.45, 2.75) is 31.8 Å². The van der Waals surface area contributed by atoms with Crippen LogP contribution in [0.2, 0.25) is 0 Å². The van der Waals surface area contributed by atoms with Crippen LogP contribution in [0.4, 0.5) is 0 Å². The van der Waals surface area contributed by atoms with Gasteiger partial charge in [-0.25, -0.2) is 4.98 Å². The van der Waals surface area contributed by atoms with Crippen molar-refractivity contribution in [3.8, 4) is 0 Å². The average molecular weight is 208 g/mol. The highest BCUT2D eigenvalue weighted by molar-refractivity contribution is 4.98. The highest BCUT2D eigenvalue weighted by atomic mass is 15.2. The zero-order valence-corrected chi connectivity index (χ0v) is 9.39. The predicted octanol–water partition coefficient (Wildman–Crippen LogP) is 0.696. The van der Waals surface area contributed by atoms with Crippen molar-refractivity contribution >= 4 is 0 Å². The van der Waals surface area contributed by atoms with Crippen molar-refractivity contribution in [1.29, 1.82) is 0 Å². The topological polar surface area (TPSA) is 47.1 Å². The van der Waals surface area contributed by atoms with Gasteiger partial charge in [0.05, 0.1) is 6.33 Å². The van der Waals surface area contributed by atoms with E-state index in [0.29, 0.717) is 0 Å². The first-order chi connectivity index (χ1) is 7.22. The van der Waals surface area contributed by atoms with Crippen LogP contribution in [0.1, 0.15) is 19.8 Å². The van der Waals surface area contributed by atoms with Crippen LogP contribution < -0.4 is 5.73 Å². The van der Waals surface area contributed by atoms with Crippen LogP contribution in [-0.4, -0.2) is 39.6 Å². The minimum Gasteiger partial charge on any atom is -0.337 e. The third-order valence-corrected chi connectivity index (χ3v) is 3.23. The molecule has 84 valence electrons. The van der Waals surface area contributed by atoms with E-state index in [-0.39, 0.29) is 5.54 Å². The third-order valence-electron chi connectivity index (χ3n) is 3.23. The van der Waals surface area contributed by atoms with E-state index in [0.717, 1.165) is 32.6 Å². The number of likely N-dealkylation sites (tertiary alicyclic amines) is 1. The molecule has 1 aromatic rings. The third kappa shape index (κ3) is 2.58. The van der Waals surface area contributed by atoms with E-state index in [1.165, 1.54) is 6.42 Å². The summed E-state index contributed by atoms with van der Waals surface area (Å²) in [5.41, 5.74) is 6.21. The summed E-state index contributed by atoms with van der Waals surface area (Å²) < 4.78 is 2.12. The Bertz CT molecular complexity index is 288. The summed E-state index contributed by atoms with van der Waals surface area (Å²) in [6.45, 7) is 6.50. The van der Waals surface area contributed by atoms with E-state index in [1.54, 1.807) is 0 Å². The van der Waals surface area contributed by atoms with Gasteiger partial charge < -0.3 is 10.3 Å². The number of hydrogen-bond donors (Lipinski definition) is 1. The van der Waals surface area contributed by atoms with Gasteiger partial charge in [0.15, 0.2) is 0 Å². The first-order valence-electron chi connectivity index (χ1n) is 5.69. The second kappa shape index (κ2) is 4.33. The van der Waals surface area contributed by atoms with Crippen molar-refractivity contribution in [2.24, 2.45) is 5.73 Å². The van der Waals surface area contributed by atoms with Crippen LogP contribution in [0.15, 0.2) is 18.7 Å². The van der Waals surface area contributed by atoms with E-state index >= 15 is 0 Å². The van der Waals surface area contributed by atoms with Crippen LogP contribution >= 0.6 is 0 Å². The molecule has 1 fully saturated rings. The molecule has 0 amide bonds. The van der Waals surface area contributed by atoms with Gasteiger partial charge in [0, 0.05) is 37.6 Å². The molecule has 15 heavy (non-hydrogen) atoms. The second-order valence-corrected chi connectivity index (χ2v) is 4.58. The summed E-state index contributed by atoms with van der Waals surface area (Å²) in [5, 5.41) is 0. The Morgan fingerprint density at radius 1 is 1.40 bits per heavy atom. The fourth-order valence-corrected chi connectivity index (χ4v) is 2.12. The highest BCUT2D eigenvalue weighted by Crippen LogP contribution is 2.21. The molecule has 0 spiro atoms. The number of rotatable bonds is 5. The Hall–Kier alpha value is -0.870. The van der Waals surface area contributed by atoms with E-state index in [4.69, 9.17) is 5.73 Å². The van der Waals surface area contributed by atoms with Crippen molar-refractivity contribution in [3.05, 3.63) is 18.7 Å². The lowest BCUT2D eigenvalue weighted by Gasteiger charge is -2.47. The molecule has 1 aromatic heterocycles. The van der Waals surface area contributed by atoms with Gasteiger partial charge in [-0.3, -0.25) is 4.90 Å². The summed E-state index contributed by atoms with van der Waals surface area (Å²) in [6.07, 6.45) is 7.97. The lowest BCUT2D eigenvalue weighted by atomic mass is 9.88. The van der Waals surface area contributed by atoms with Crippen molar-refractivity contribution in [2.75, 3.05) is 19.6 Å². The molecule has 4 heteroatoms. The summed E-state index contributed by atoms with van der Waals surface area (Å²) in [7, 11) is 0. The quantitative estimate of drug-likeness (QED) is 0.774. The predicted molar refractivity (Wildman–Crippen MR) is 60.5 cm³/mol. The minimum atomic E-state index is 0.106. The van der Waals surface area contributed by atoms with Gasteiger partial charge >= 0.3 is 0 Å². The lowest BCUT2D eigenvalue weighted by molar-refractivity contribution is 0.0659. The van der Waals surface area contributed by atoms with E-state index in [2.05, 4.69) is 21.4 Å². The van der Waals surface area contributed by atoms with Gasteiger partial charge in [-0.1, -0.05) is 6.92 Å². The van der Waals surface area contributed by atoms with Crippen molar-refractivity contribution < 1.29 is 0 Å². The Labute approximate surface area is 91.1 Å². The van der Waals surface area contributed by atoms with Crippen molar-refractivity contribution in [3.63, 3.8) is 0 Å². The molecule has 1 saturated heterocycles. The first kappa shape index (κ1) is 10.6. The highest BCUT2D eigenvalue weighted by Gasteiger charge is 2.36. The standard InChI is InChI=1S/C11H20N4/c1-2-11(12)8-15(9-11)6-3-5-14-7-4-13-10-14/h4,7,10H,2-3,5-6,8-9,12H2,1H3. The molecule has 2 rings (SSSR count). The average Bonchev–Trinajstić information content (AvgIpc) is 2.67. The normalized spacial score (nSPS) is 20.1. The molecule has 2 heterocycles. The number of nitrogens with zero attached hydrogens (tertiary/aromatic N) is 3. The molecule has 0 unspecified atom stereocenters. The van der Waals surface area contributed by atoms with Gasteiger partial charge in [0.25, 0.3) is 0 Å². The number of aromatic nitrogens is 2. The zero-order chi connectivity index (χ0) is 10.7. The summed E-state index contributed by atoms with van der Waals surface area (Å²) in [6, 6.07) is 0. The van der Waals surface area contributed by atoms with Gasteiger partial charge in [0.1, 0.15) is 0 Å². The Kier molecular flexibility index (Phi) is 3.07. The van der Waals surface area contributed by atoms with Gasteiger partial charge in [-0.15, -0.1) is 0 Å². The fourth-order valence-electron chi connectivity index (χ4n) is 2.12. The maximum Gasteiger partial charge on any atom is 0.0945 e. The Morgan fingerprint density at radius 2 is 2.20 bits per heavy atom.